The summed E-state index contributed by atoms with van der Waals surface area (Å²) in [5.41, 5.74) is 1.51. The lowest BCUT2D eigenvalue weighted by Gasteiger charge is -2.03. The van der Waals surface area contributed by atoms with Gasteiger partial charge in [0, 0.05) is 18.5 Å². The molecule has 106 valence electrons. The van der Waals surface area contributed by atoms with E-state index in [0.717, 1.165) is 0 Å². The van der Waals surface area contributed by atoms with Gasteiger partial charge in [-0.15, -0.1) is 0 Å². The topological polar surface area (TPSA) is 84.1 Å². The van der Waals surface area contributed by atoms with Crippen LogP contribution in [0.25, 0.3) is 5.65 Å². The first kappa shape index (κ1) is 13.0. The molecule has 2 aromatic heterocycles. The highest BCUT2D eigenvalue weighted by Gasteiger charge is 2.07. The zero-order chi connectivity index (χ0) is 14.8. The molecular formula is C15H12N2O4. The first-order valence-corrected chi connectivity index (χ1v) is 6.24. The first-order chi connectivity index (χ1) is 10.1. The first-order valence-electron chi connectivity index (χ1n) is 6.24. The summed E-state index contributed by atoms with van der Waals surface area (Å²) in [6, 6.07) is 9.64. The van der Waals surface area contributed by atoms with Crippen LogP contribution in [0.1, 0.15) is 16.1 Å². The van der Waals surface area contributed by atoms with E-state index in [1.807, 2.05) is 0 Å². The van der Waals surface area contributed by atoms with Crippen LogP contribution in [0, 0.1) is 0 Å². The van der Waals surface area contributed by atoms with Gasteiger partial charge >= 0.3 is 5.97 Å². The van der Waals surface area contributed by atoms with Crippen LogP contribution in [0.2, 0.25) is 0 Å². The van der Waals surface area contributed by atoms with E-state index in [-0.39, 0.29) is 17.9 Å². The number of carboxylic acid groups (broad SMARTS) is 1. The average Bonchev–Trinajstić information content (AvgIpc) is 2.87. The van der Waals surface area contributed by atoms with Gasteiger partial charge in [-0.2, -0.15) is 0 Å². The second-order valence-electron chi connectivity index (χ2n) is 4.51. The van der Waals surface area contributed by atoms with Crippen molar-refractivity contribution in [2.45, 2.75) is 6.61 Å². The van der Waals surface area contributed by atoms with Gasteiger partial charge in [-0.1, -0.05) is 6.07 Å². The van der Waals surface area contributed by atoms with Crippen molar-refractivity contribution in [2.75, 3.05) is 0 Å². The zero-order valence-corrected chi connectivity index (χ0v) is 10.9. The van der Waals surface area contributed by atoms with Crippen molar-refractivity contribution in [1.29, 1.82) is 0 Å². The number of phenolic OH excluding ortho intramolecular Hbond substituents is 1. The van der Waals surface area contributed by atoms with E-state index in [9.17, 15) is 9.90 Å². The number of hydrogen-bond donors (Lipinski definition) is 2. The predicted octanol–water partition coefficient (Wildman–Crippen LogP) is 2.32. The van der Waals surface area contributed by atoms with Crippen molar-refractivity contribution in [2.24, 2.45) is 0 Å². The molecule has 0 fully saturated rings. The third kappa shape index (κ3) is 2.79. The molecule has 6 nitrogen and oxygen atoms in total. The number of aromatic carboxylic acids is 1. The van der Waals surface area contributed by atoms with Crippen LogP contribution in [0.4, 0.5) is 0 Å². The summed E-state index contributed by atoms with van der Waals surface area (Å²) in [5.74, 6) is -0.310. The molecule has 0 radical (unpaired) electrons. The van der Waals surface area contributed by atoms with E-state index in [0.29, 0.717) is 17.1 Å². The number of ether oxygens (including phenoxy) is 1. The van der Waals surface area contributed by atoms with Crippen LogP contribution in [-0.2, 0) is 6.61 Å². The number of phenols is 1. The molecule has 6 heteroatoms. The minimum absolute atomic E-state index is 0.133. The van der Waals surface area contributed by atoms with E-state index < -0.39 is 5.97 Å². The number of fused-ring (bicyclic) bond motifs is 1. The van der Waals surface area contributed by atoms with E-state index >= 15 is 0 Å². The quantitative estimate of drug-likeness (QED) is 0.768. The van der Waals surface area contributed by atoms with E-state index in [1.165, 1.54) is 18.3 Å². The second-order valence-corrected chi connectivity index (χ2v) is 4.51. The molecule has 21 heavy (non-hydrogen) atoms. The summed E-state index contributed by atoms with van der Waals surface area (Å²) in [7, 11) is 0. The molecule has 2 heterocycles. The molecule has 0 spiro atoms. The largest absolute Gasteiger partial charge is 0.508 e. The molecule has 0 aliphatic heterocycles. The predicted molar refractivity (Wildman–Crippen MR) is 74.6 cm³/mol. The molecule has 3 aromatic rings. The normalized spacial score (nSPS) is 10.7. The Bertz CT molecular complexity index is 810. The van der Waals surface area contributed by atoms with Crippen LogP contribution in [-0.4, -0.2) is 25.6 Å². The van der Waals surface area contributed by atoms with Crippen LogP contribution >= 0.6 is 0 Å². The van der Waals surface area contributed by atoms with Crippen LogP contribution in [0.3, 0.4) is 0 Å². The van der Waals surface area contributed by atoms with Crippen LogP contribution < -0.4 is 4.74 Å². The molecule has 0 atom stereocenters. The lowest BCUT2D eigenvalue weighted by Crippen LogP contribution is -1.97. The second kappa shape index (κ2) is 5.16. The maximum absolute atomic E-state index is 10.9. The minimum atomic E-state index is -0.983. The van der Waals surface area contributed by atoms with Gasteiger partial charge in [0.2, 0.25) is 0 Å². The molecule has 2 N–H and O–H groups in total. The van der Waals surface area contributed by atoms with E-state index in [1.54, 1.807) is 34.9 Å². The summed E-state index contributed by atoms with van der Waals surface area (Å²) in [5, 5.41) is 18.3. The summed E-state index contributed by atoms with van der Waals surface area (Å²) >= 11 is 0. The lowest BCUT2D eigenvalue weighted by atomic mass is 10.3. The Kier molecular flexibility index (Phi) is 3.19. The molecule has 1 aromatic carbocycles. The van der Waals surface area contributed by atoms with Gasteiger partial charge in [0.1, 0.15) is 23.8 Å². The number of nitrogens with zero attached hydrogens (tertiary/aromatic N) is 2. The third-order valence-corrected chi connectivity index (χ3v) is 2.95. The van der Waals surface area contributed by atoms with Gasteiger partial charge in [-0.3, -0.25) is 0 Å². The zero-order valence-electron chi connectivity index (χ0n) is 10.9. The van der Waals surface area contributed by atoms with Gasteiger partial charge in [-0.25, -0.2) is 9.78 Å². The average molecular weight is 284 g/mol. The van der Waals surface area contributed by atoms with Crippen LogP contribution in [0.15, 0.2) is 48.8 Å². The third-order valence-electron chi connectivity index (χ3n) is 2.95. The number of aromatic nitrogens is 2. The Morgan fingerprint density at radius 2 is 2.10 bits per heavy atom. The number of hydrogen-bond acceptors (Lipinski definition) is 4. The Morgan fingerprint density at radius 3 is 2.86 bits per heavy atom. The number of imidazole rings is 1. The molecule has 0 bridgehead atoms. The lowest BCUT2D eigenvalue weighted by molar-refractivity contribution is 0.0696. The fourth-order valence-electron chi connectivity index (χ4n) is 1.97. The van der Waals surface area contributed by atoms with Crippen molar-refractivity contribution >= 4 is 11.6 Å². The van der Waals surface area contributed by atoms with Crippen molar-refractivity contribution < 1.29 is 19.7 Å². The molecule has 0 saturated carbocycles. The molecular weight excluding hydrogens is 272 g/mol. The maximum Gasteiger partial charge on any atom is 0.337 e. The van der Waals surface area contributed by atoms with Gasteiger partial charge in [-0.05, 0) is 24.3 Å². The number of carboxylic acids is 1. The SMILES string of the molecule is O=C(O)c1ccc2nc(COc3cccc(O)c3)cn2c1. The van der Waals surface area contributed by atoms with Gasteiger partial charge in [0.15, 0.2) is 0 Å². The fraction of sp³-hybridized carbons (Fsp3) is 0.0667. The summed E-state index contributed by atoms with van der Waals surface area (Å²) < 4.78 is 7.17. The van der Waals surface area contributed by atoms with E-state index in [4.69, 9.17) is 9.84 Å². The summed E-state index contributed by atoms with van der Waals surface area (Å²) in [6.45, 7) is 0.230. The molecule has 0 aliphatic rings. The standard InChI is InChI=1S/C15H12N2O4/c18-12-2-1-3-13(6-12)21-9-11-8-17-7-10(15(19)20)4-5-14(17)16-11/h1-8,18H,9H2,(H,19,20). The van der Waals surface area contributed by atoms with E-state index in [2.05, 4.69) is 4.98 Å². The smallest absolute Gasteiger partial charge is 0.337 e. The summed E-state index contributed by atoms with van der Waals surface area (Å²) in [4.78, 5) is 15.2. The van der Waals surface area contributed by atoms with Gasteiger partial charge in [0.05, 0.1) is 11.3 Å². The molecule has 0 amide bonds. The maximum atomic E-state index is 10.9. The van der Waals surface area contributed by atoms with Gasteiger partial charge in [0.25, 0.3) is 0 Å². The number of aromatic hydroxyl groups is 1. The Morgan fingerprint density at radius 1 is 1.24 bits per heavy atom. The molecule has 3 rings (SSSR count). The monoisotopic (exact) mass is 284 g/mol. The number of pyridine rings is 1. The van der Waals surface area contributed by atoms with Gasteiger partial charge < -0.3 is 19.4 Å². The fourth-order valence-corrected chi connectivity index (χ4v) is 1.97. The Hall–Kier alpha value is -3.02. The molecule has 0 saturated heterocycles. The highest BCUT2D eigenvalue weighted by Crippen LogP contribution is 2.19. The van der Waals surface area contributed by atoms with Crippen molar-refractivity contribution in [3.05, 3.63) is 60.0 Å². The molecule has 0 unspecified atom stereocenters. The number of carbonyl (C=O) groups is 1. The Labute approximate surface area is 119 Å². The molecule has 0 aliphatic carbocycles. The minimum Gasteiger partial charge on any atom is -0.508 e. The number of rotatable bonds is 4. The van der Waals surface area contributed by atoms with Crippen molar-refractivity contribution in [1.82, 2.24) is 9.38 Å². The van der Waals surface area contributed by atoms with Crippen molar-refractivity contribution in [3.63, 3.8) is 0 Å². The Balaban J connectivity index is 1.80. The summed E-state index contributed by atoms with van der Waals surface area (Å²) in [6.07, 6.45) is 3.22. The van der Waals surface area contributed by atoms with Crippen molar-refractivity contribution in [3.8, 4) is 11.5 Å². The highest BCUT2D eigenvalue weighted by atomic mass is 16.5. The highest BCUT2D eigenvalue weighted by molar-refractivity contribution is 5.87. The number of benzene rings is 1. The van der Waals surface area contributed by atoms with Crippen LogP contribution in [0.5, 0.6) is 11.5 Å².